The monoisotopic (exact) mass is 384 g/mol. The lowest BCUT2D eigenvalue weighted by molar-refractivity contribution is -0.0511. The van der Waals surface area contributed by atoms with Crippen LogP contribution in [0, 0.1) is 0 Å². The zero-order valence-electron chi connectivity index (χ0n) is 13.8. The second-order valence-corrected chi connectivity index (χ2v) is 5.40. The summed E-state index contributed by atoms with van der Waals surface area (Å²) < 4.78 is 39.1. The molecule has 0 aliphatic carbocycles. The van der Waals surface area contributed by atoms with E-state index >= 15 is 0 Å². The molecule has 0 bridgehead atoms. The van der Waals surface area contributed by atoms with Crippen LogP contribution in [0.2, 0.25) is 5.02 Å². The average molecular weight is 385 g/mol. The van der Waals surface area contributed by atoms with Crippen LogP contribution in [0.25, 0.3) is 6.08 Å². The van der Waals surface area contributed by atoms with Gasteiger partial charge in [0, 0.05) is 5.56 Å². The first kappa shape index (κ1) is 19.5. The Morgan fingerprint density at radius 3 is 2.46 bits per heavy atom. The minimum Gasteiger partial charge on any atom is -0.504 e. The minimum atomic E-state index is -3.05. The van der Waals surface area contributed by atoms with Gasteiger partial charge in [-0.25, -0.2) is 0 Å². The Bertz CT molecular complexity index is 837. The van der Waals surface area contributed by atoms with Crippen molar-refractivity contribution in [1.29, 1.82) is 0 Å². The van der Waals surface area contributed by atoms with Gasteiger partial charge < -0.3 is 19.3 Å². The summed E-state index contributed by atoms with van der Waals surface area (Å²) in [7, 11) is 2.65. The van der Waals surface area contributed by atoms with Crippen molar-refractivity contribution in [1.82, 2.24) is 0 Å². The molecule has 138 valence electrons. The number of phenols is 1. The minimum absolute atomic E-state index is 0.0104. The molecule has 0 radical (unpaired) electrons. The van der Waals surface area contributed by atoms with E-state index in [9.17, 15) is 18.7 Å². The third kappa shape index (κ3) is 4.64. The summed E-state index contributed by atoms with van der Waals surface area (Å²) in [5.74, 6) is -0.542. The van der Waals surface area contributed by atoms with Crippen molar-refractivity contribution in [2.24, 2.45) is 0 Å². The van der Waals surface area contributed by atoms with Gasteiger partial charge in [-0.05, 0) is 42.0 Å². The third-order valence-electron chi connectivity index (χ3n) is 3.35. The molecule has 8 heteroatoms. The fraction of sp³-hybridized carbons (Fsp3) is 0.167. The molecule has 0 saturated carbocycles. The third-order valence-corrected chi connectivity index (χ3v) is 3.63. The highest BCUT2D eigenvalue weighted by Crippen LogP contribution is 2.37. The number of ketones is 1. The molecular weight excluding hydrogens is 370 g/mol. The molecule has 2 rings (SSSR count). The van der Waals surface area contributed by atoms with Crippen molar-refractivity contribution in [2.75, 3.05) is 14.2 Å². The van der Waals surface area contributed by atoms with Crippen LogP contribution in [-0.2, 0) is 0 Å². The average Bonchev–Trinajstić information content (AvgIpc) is 2.61. The summed E-state index contributed by atoms with van der Waals surface area (Å²) in [5.41, 5.74) is 0.749. The van der Waals surface area contributed by atoms with Gasteiger partial charge in [0.1, 0.15) is 0 Å². The number of alkyl halides is 2. The van der Waals surface area contributed by atoms with Gasteiger partial charge in [-0.15, -0.1) is 0 Å². The summed E-state index contributed by atoms with van der Waals surface area (Å²) in [6.07, 6.45) is 2.72. The van der Waals surface area contributed by atoms with Crippen LogP contribution in [0.3, 0.4) is 0 Å². The summed E-state index contributed by atoms with van der Waals surface area (Å²) in [6, 6.07) is 6.96. The summed E-state index contributed by atoms with van der Waals surface area (Å²) >= 11 is 5.95. The Kier molecular flexibility index (Phi) is 6.41. The Morgan fingerprint density at radius 1 is 1.15 bits per heavy atom. The van der Waals surface area contributed by atoms with Crippen LogP contribution in [0.5, 0.6) is 23.0 Å². The summed E-state index contributed by atoms with van der Waals surface area (Å²) in [5, 5.41) is 9.47. The molecule has 26 heavy (non-hydrogen) atoms. The second kappa shape index (κ2) is 8.53. The molecule has 0 saturated heterocycles. The van der Waals surface area contributed by atoms with E-state index in [0.29, 0.717) is 11.1 Å². The van der Waals surface area contributed by atoms with Crippen molar-refractivity contribution in [3.05, 3.63) is 52.6 Å². The van der Waals surface area contributed by atoms with Gasteiger partial charge in [-0.3, -0.25) is 4.79 Å². The fourth-order valence-electron chi connectivity index (χ4n) is 2.14. The van der Waals surface area contributed by atoms with E-state index in [0.717, 1.165) is 0 Å². The molecule has 0 aliphatic rings. The van der Waals surface area contributed by atoms with Crippen molar-refractivity contribution in [2.45, 2.75) is 6.61 Å². The van der Waals surface area contributed by atoms with Crippen molar-refractivity contribution in [3.63, 3.8) is 0 Å². The highest BCUT2D eigenvalue weighted by molar-refractivity contribution is 6.32. The first-order valence-electron chi connectivity index (χ1n) is 7.27. The van der Waals surface area contributed by atoms with Gasteiger partial charge in [0.2, 0.25) is 0 Å². The molecule has 0 amide bonds. The number of carbonyl (C=O) groups is 1. The van der Waals surface area contributed by atoms with Gasteiger partial charge >= 0.3 is 6.61 Å². The van der Waals surface area contributed by atoms with Crippen LogP contribution >= 0.6 is 11.6 Å². The molecule has 0 aromatic heterocycles. The van der Waals surface area contributed by atoms with Crippen LogP contribution in [0.1, 0.15) is 15.9 Å². The lowest BCUT2D eigenvalue weighted by Crippen LogP contribution is -2.04. The fourth-order valence-corrected chi connectivity index (χ4v) is 2.40. The van der Waals surface area contributed by atoms with Gasteiger partial charge in [-0.2, -0.15) is 8.78 Å². The molecule has 0 unspecified atom stereocenters. The molecule has 0 aliphatic heterocycles. The number of methoxy groups -OCH3 is 2. The zero-order valence-corrected chi connectivity index (χ0v) is 14.6. The van der Waals surface area contributed by atoms with E-state index in [1.54, 1.807) is 0 Å². The maximum absolute atomic E-state index is 12.4. The van der Waals surface area contributed by atoms with Crippen LogP contribution in [0.4, 0.5) is 8.78 Å². The van der Waals surface area contributed by atoms with Crippen LogP contribution < -0.4 is 14.2 Å². The molecule has 0 spiro atoms. The van der Waals surface area contributed by atoms with E-state index in [4.69, 9.17) is 21.1 Å². The zero-order chi connectivity index (χ0) is 19.3. The lowest BCUT2D eigenvalue weighted by atomic mass is 10.1. The largest absolute Gasteiger partial charge is 0.504 e. The van der Waals surface area contributed by atoms with Crippen LogP contribution in [-0.4, -0.2) is 31.7 Å². The van der Waals surface area contributed by atoms with Crippen LogP contribution in [0.15, 0.2) is 36.4 Å². The maximum Gasteiger partial charge on any atom is 0.387 e. The predicted molar refractivity (Wildman–Crippen MR) is 92.7 cm³/mol. The second-order valence-electron chi connectivity index (χ2n) is 5.00. The highest BCUT2D eigenvalue weighted by atomic mass is 35.5. The van der Waals surface area contributed by atoms with Crippen molar-refractivity contribution < 1.29 is 32.9 Å². The standard InChI is InChI=1S/C18H15ClF2O5/c1-24-15-9-11(4-6-14(15)23)13(22)5-3-10-7-12(19)17(26-18(20)21)16(8-10)25-2/h3-9,18,23H,1-2H3/b5-3+. The molecule has 1 N–H and O–H groups in total. The molecule has 2 aromatic carbocycles. The SMILES string of the molecule is COc1cc(C(=O)/C=C/c2cc(Cl)c(OC(F)F)c(OC)c2)ccc1O. The van der Waals surface area contributed by atoms with Gasteiger partial charge in [-0.1, -0.05) is 17.7 Å². The quantitative estimate of drug-likeness (QED) is 0.560. The van der Waals surface area contributed by atoms with E-state index in [1.807, 2.05) is 0 Å². The lowest BCUT2D eigenvalue weighted by Gasteiger charge is -2.12. The Morgan fingerprint density at radius 2 is 1.85 bits per heavy atom. The normalized spacial score (nSPS) is 11.0. The van der Waals surface area contributed by atoms with E-state index in [1.165, 1.54) is 56.7 Å². The maximum atomic E-state index is 12.4. The summed E-state index contributed by atoms with van der Waals surface area (Å²) in [6.45, 7) is -3.05. The van der Waals surface area contributed by atoms with Gasteiger partial charge in [0.25, 0.3) is 0 Å². The number of carbonyl (C=O) groups excluding carboxylic acids is 1. The number of aromatic hydroxyl groups is 1. The van der Waals surface area contributed by atoms with Crippen molar-refractivity contribution >= 4 is 23.5 Å². The topological polar surface area (TPSA) is 65.0 Å². The number of ether oxygens (including phenoxy) is 3. The highest BCUT2D eigenvalue weighted by Gasteiger charge is 2.16. The molecule has 5 nitrogen and oxygen atoms in total. The smallest absolute Gasteiger partial charge is 0.387 e. The number of halogens is 3. The van der Waals surface area contributed by atoms with Crippen molar-refractivity contribution in [3.8, 4) is 23.0 Å². The molecule has 0 fully saturated rings. The Balaban J connectivity index is 2.27. The Labute approximate surface area is 153 Å². The number of hydrogen-bond donors (Lipinski definition) is 1. The van der Waals surface area contributed by atoms with E-state index in [-0.39, 0.29) is 33.8 Å². The number of hydrogen-bond acceptors (Lipinski definition) is 5. The first-order chi connectivity index (χ1) is 12.3. The Hall–Kier alpha value is -2.80. The van der Waals surface area contributed by atoms with E-state index < -0.39 is 6.61 Å². The summed E-state index contributed by atoms with van der Waals surface area (Å²) in [4.78, 5) is 12.2. The molecule has 2 aromatic rings. The van der Waals surface area contributed by atoms with E-state index in [2.05, 4.69) is 4.74 Å². The first-order valence-corrected chi connectivity index (χ1v) is 7.65. The molecule has 0 heterocycles. The number of rotatable bonds is 7. The number of allylic oxidation sites excluding steroid dienone is 1. The van der Waals surface area contributed by atoms with Gasteiger partial charge in [0.05, 0.1) is 19.2 Å². The molecule has 0 atom stereocenters. The van der Waals surface area contributed by atoms with Gasteiger partial charge in [0.15, 0.2) is 28.8 Å². The number of benzene rings is 2. The number of phenolic OH excluding ortho intramolecular Hbond substituents is 1. The predicted octanol–water partition coefficient (Wildman–Crippen LogP) is 4.56. The molecular formula is C18H15ClF2O5.